The van der Waals surface area contributed by atoms with Gasteiger partial charge in [-0.05, 0) is 242 Å². The standard InChI is InChI=1S/3C37H40F4N4O2S/c2*1-4-43(5-2)18-19-44(22-26-6-10-28(11-7-26)29-12-14-30(15-13-29)37(39,40)41)34(46)23-45-33-21-25(3)20-32(33)35(47)42-36(45)48-24-27-8-16-31(38)17-9-27;1-4-43(5-2)19-20-44(22-26-9-13-28(14-10-26)29-15-18-32(25(3)21-29)37(39,40)41)34(46)23-45-33-8-6-7-31(33)35(47)42-36(45)48-24-27-11-16-30(38)17-12-27/h2*6-17,25H,4-5,18-24H2,1-3H3;9-18,21H,4-8,19-20,22-24H2,1-3H3/i6D,7D,10D,11D,12D,13D,14D,15D,20D2,21D2,24D2,25D;20D2,21D2,24D2,25D;9D,10D,13D,14D,15D,18D,21D,24D2. The van der Waals surface area contributed by atoms with Gasteiger partial charge in [-0.2, -0.15) is 54.5 Å². The van der Waals surface area contributed by atoms with Crippen molar-refractivity contribution in [3.63, 3.8) is 0 Å². The minimum absolute atomic E-state index is 0.0178. The number of aromatic nitrogens is 6. The zero-order valence-electron chi connectivity index (χ0n) is 110. The predicted molar refractivity (Wildman–Crippen MR) is 544 cm³/mol. The maximum atomic E-state index is 14.7. The first-order valence-corrected chi connectivity index (χ1v) is 48.1. The molecule has 2 unspecified atom stereocenters. The van der Waals surface area contributed by atoms with Crippen LogP contribution in [-0.2, 0) is 128 Å². The summed E-state index contributed by atoms with van der Waals surface area (Å²) >= 11 is 1.16. The molecule has 0 fully saturated rings. The van der Waals surface area contributed by atoms with Crippen molar-refractivity contribution < 1.29 is 110 Å². The summed E-state index contributed by atoms with van der Waals surface area (Å²) in [7, 11) is 0. The Morgan fingerprint density at radius 2 is 0.701 bits per heavy atom. The highest BCUT2D eigenvalue weighted by Gasteiger charge is 2.36. The number of alkyl halides is 9. The molecule has 0 bridgehead atoms. The number of fused-ring (bicyclic) bond motifs is 3. The average molecular weight is 2070 g/mol. The van der Waals surface area contributed by atoms with Crippen LogP contribution < -0.4 is 16.7 Å². The first-order valence-electron chi connectivity index (χ1n) is 61.2. The van der Waals surface area contributed by atoms with Crippen molar-refractivity contribution in [3.05, 3.63) is 350 Å². The molecule has 9 aromatic carbocycles. The molecule has 18 nitrogen and oxygen atoms in total. The number of carbonyl (C=O) groups excluding carboxylic acids is 3. The van der Waals surface area contributed by atoms with Crippen LogP contribution in [0.5, 0.6) is 0 Å². The van der Waals surface area contributed by atoms with E-state index >= 15 is 0 Å². The number of nitrogens with zero attached hydrogens (tertiary/aromatic N) is 12. The van der Waals surface area contributed by atoms with Crippen molar-refractivity contribution in [2.24, 2.45) is 11.8 Å². The number of carbonyl (C=O) groups is 3. The molecule has 12 aromatic rings. The molecule has 0 radical (unpaired) electrons. The fourth-order valence-corrected chi connectivity index (χ4v) is 17.5. The highest BCUT2D eigenvalue weighted by Crippen LogP contribution is 2.39. The van der Waals surface area contributed by atoms with E-state index in [-0.39, 0.29) is 71.9 Å². The average Bonchev–Trinajstić information content (AvgIpc) is 1.52. The SMILES string of the molecule is [2H]C([2H])(Sc1nc(=O)c2c(n1CC(=O)N(CCN(CC)CC)Cc1ccc(-c3ccc(C(F)(F)F)cc3)cc1)C([2H])([2H])C([2H])(C)C2([2H])[2H])c1ccc(F)cc1.[2H]c1c([2H])c(-c2c([2H])c([2H])c(C(F)(F)F)c(C)c2[2H])c([2H])c([2H])c1CN(CCN(CC)CC)C(=O)Cn1c(SC([2H])([2H])c2ccc(F)cc2)nc(=O)c2c1CCC2.[2H]c1c([2H])c(-c2c([2H])c([2H])c(C(F)(F)F)c([2H])c2[2H])c([2H])c([2H])c1CN(CCN(CC)CC)C(=O)Cn1c(SC([2H])([2H])c2ccc(F)cc2)nc(=O)c2c1C([2H])([2H])C([2H])(C)C2([2H])[2H]. The fraction of sp³-hybridized carbons (Fsp3) is 0.378. The monoisotopic (exact) mass is 2070 g/mol. The van der Waals surface area contributed by atoms with Crippen LogP contribution in [0.2, 0.25) is 0 Å². The summed E-state index contributed by atoms with van der Waals surface area (Å²) in [5.74, 6) is -9.34. The molecule has 2 atom stereocenters. The molecule has 3 amide bonds. The molecule has 3 aromatic heterocycles. The third kappa shape index (κ3) is 29.5. The summed E-state index contributed by atoms with van der Waals surface area (Å²) in [4.78, 5) is 106. The van der Waals surface area contributed by atoms with Gasteiger partial charge >= 0.3 is 18.5 Å². The van der Waals surface area contributed by atoms with Gasteiger partial charge in [-0.15, -0.1) is 0 Å². The zero-order chi connectivity index (χ0) is 131. The molecule has 0 spiro atoms. The lowest BCUT2D eigenvalue weighted by atomic mass is 9.98. The van der Waals surface area contributed by atoms with E-state index < -0.39 is 331 Å². The first-order chi connectivity index (χ1) is 81.1. The second-order valence-corrected chi connectivity index (χ2v) is 35.3. The van der Waals surface area contributed by atoms with Crippen LogP contribution in [-0.4, -0.2) is 154 Å². The summed E-state index contributed by atoms with van der Waals surface area (Å²) < 4.78 is 435. The van der Waals surface area contributed by atoms with Gasteiger partial charge in [-0.25, -0.2) is 13.2 Å². The van der Waals surface area contributed by atoms with Crippen LogP contribution in [0.4, 0.5) is 52.7 Å². The summed E-state index contributed by atoms with van der Waals surface area (Å²) in [5, 5.41) is -1.17. The van der Waals surface area contributed by atoms with Crippen LogP contribution in [0.3, 0.4) is 0 Å². The number of thioether (sulfide) groups is 3. The van der Waals surface area contributed by atoms with Gasteiger partial charge in [-0.3, -0.25) is 28.8 Å². The largest absolute Gasteiger partial charge is 0.416 e. The Kier molecular flexibility index (Phi) is 25.9. The Bertz CT molecular complexity index is 8290. The van der Waals surface area contributed by atoms with E-state index in [1.54, 1.807) is 24.3 Å². The van der Waals surface area contributed by atoms with Gasteiger partial charge in [0, 0.05) is 132 Å². The Morgan fingerprint density at radius 3 is 1.06 bits per heavy atom. The van der Waals surface area contributed by atoms with Crippen molar-refractivity contribution >= 4 is 53.0 Å². The Balaban J connectivity index is 0.000000215. The topological polar surface area (TPSA) is 175 Å². The minimum Gasteiger partial charge on any atom is -0.336 e. The van der Waals surface area contributed by atoms with Gasteiger partial charge < -0.3 is 43.1 Å². The Labute approximate surface area is 888 Å². The quantitative estimate of drug-likeness (QED) is 0.0202. The van der Waals surface area contributed by atoms with Gasteiger partial charge in [0.1, 0.15) is 37.1 Å². The Hall–Kier alpha value is -11.9. The molecular weight excluding hydrogens is 1920 g/mol. The van der Waals surface area contributed by atoms with Gasteiger partial charge in [0.25, 0.3) is 16.7 Å². The summed E-state index contributed by atoms with van der Waals surface area (Å²) in [5.41, 5.74) is -19.3. The zero-order valence-corrected chi connectivity index (χ0v) is 81.9. The van der Waals surface area contributed by atoms with E-state index in [1.165, 1.54) is 50.8 Å². The molecule has 3 aliphatic carbocycles. The first kappa shape index (κ1) is 74.1. The number of hydrogen-bond acceptors (Lipinski definition) is 15. The number of halogens is 12. The van der Waals surface area contributed by atoms with E-state index in [2.05, 4.69) is 19.9 Å². The third-order valence-electron chi connectivity index (χ3n) is 23.3. The predicted octanol–water partition coefficient (Wildman–Crippen LogP) is 22.5. The number of hydrogen-bond donors (Lipinski definition) is 0. The summed E-state index contributed by atoms with van der Waals surface area (Å²) in [6.07, 6.45) is -25.2. The summed E-state index contributed by atoms with van der Waals surface area (Å²) in [6, 6.07) is 9.55. The van der Waals surface area contributed by atoms with Crippen LogP contribution in [0.25, 0.3) is 33.4 Å². The van der Waals surface area contributed by atoms with E-state index in [0.717, 1.165) is 95.5 Å². The lowest BCUT2D eigenvalue weighted by Gasteiger charge is -2.28. The van der Waals surface area contributed by atoms with Crippen LogP contribution in [0.15, 0.2) is 242 Å². The number of benzene rings is 9. The van der Waals surface area contributed by atoms with Crippen molar-refractivity contribution in [2.45, 2.75) is 197 Å². The molecular formula is C111H120F12N12O6S3. The van der Waals surface area contributed by atoms with Crippen molar-refractivity contribution in [2.75, 3.05) is 78.5 Å². The lowest BCUT2D eigenvalue weighted by Crippen LogP contribution is -2.40. The Morgan fingerprint density at radius 1 is 0.382 bits per heavy atom. The van der Waals surface area contributed by atoms with Crippen molar-refractivity contribution in [1.82, 2.24) is 58.1 Å². The second kappa shape index (κ2) is 50.3. The van der Waals surface area contributed by atoms with E-state index in [9.17, 15) is 81.5 Å². The highest BCUT2D eigenvalue weighted by atomic mass is 32.2. The number of likely N-dealkylation sites (N-methyl/N-ethyl adjacent to an activating group) is 3. The number of amides is 3. The smallest absolute Gasteiger partial charge is 0.336 e. The van der Waals surface area contributed by atoms with Crippen molar-refractivity contribution in [1.29, 1.82) is 0 Å². The van der Waals surface area contributed by atoms with Crippen molar-refractivity contribution in [3.8, 4) is 33.4 Å². The van der Waals surface area contributed by atoms with E-state index in [1.807, 2.05) is 51.3 Å². The normalized spacial score (nSPS) is 19.7. The van der Waals surface area contributed by atoms with Crippen LogP contribution in [0.1, 0.15) is 194 Å². The maximum Gasteiger partial charge on any atom is 0.416 e. The summed E-state index contributed by atoms with van der Waals surface area (Å²) in [6.45, 7) is 15.2. The third-order valence-corrected chi connectivity index (χ3v) is 25.8. The molecule has 144 heavy (non-hydrogen) atoms. The molecule has 15 rings (SSSR count). The molecule has 762 valence electrons. The van der Waals surface area contributed by atoms with Crippen LogP contribution in [0, 0.1) is 36.2 Å². The minimum atomic E-state index is -5.31. The van der Waals surface area contributed by atoms with Gasteiger partial charge in [-0.1, -0.05) is 236 Å². The fourth-order valence-electron chi connectivity index (χ4n) is 15.3. The van der Waals surface area contributed by atoms with Gasteiger partial charge in [0.05, 0.1) is 37.3 Å². The molecule has 0 saturated heterocycles. The molecule has 0 aliphatic heterocycles. The molecule has 3 aliphatic rings. The van der Waals surface area contributed by atoms with Crippen LogP contribution >= 0.6 is 35.3 Å². The van der Waals surface area contributed by atoms with E-state index in [0.29, 0.717) is 123 Å². The van der Waals surface area contributed by atoms with Gasteiger partial charge in [0.15, 0.2) is 15.5 Å². The molecule has 3 heterocycles. The van der Waals surface area contributed by atoms with E-state index in [4.69, 9.17) is 42.5 Å². The highest BCUT2D eigenvalue weighted by molar-refractivity contribution is 7.98. The maximum absolute atomic E-state index is 14.7. The second-order valence-electron chi connectivity index (χ2n) is 33.0. The van der Waals surface area contributed by atoms with Gasteiger partial charge in [0.2, 0.25) is 17.7 Å². The molecule has 0 N–H and O–H groups in total. The lowest BCUT2D eigenvalue weighted by molar-refractivity contribution is -0.138. The molecule has 33 heteroatoms. The number of rotatable bonds is 39. The molecule has 0 saturated carbocycles.